The standard InChI is InChI=1S/C25H19BrF2N2O2/c1-2-32-24-13-16(12-22(26)21(24)14-17-5-3-4-6-23(17)28)11-18(15-29)25(31)30-20-9-7-19(27)8-10-20/h3-13H,2,14H2,1H3,(H,30,31)/b18-11+. The zero-order valence-electron chi connectivity index (χ0n) is 17.2. The lowest BCUT2D eigenvalue weighted by Crippen LogP contribution is -2.13. The van der Waals surface area contributed by atoms with Crippen LogP contribution in [0.4, 0.5) is 14.5 Å². The van der Waals surface area contributed by atoms with Gasteiger partial charge < -0.3 is 10.1 Å². The monoisotopic (exact) mass is 496 g/mol. The second kappa shape index (κ2) is 10.7. The van der Waals surface area contributed by atoms with Gasteiger partial charge in [0.25, 0.3) is 5.91 Å². The molecule has 0 saturated carbocycles. The third-order valence-electron chi connectivity index (χ3n) is 4.58. The first kappa shape index (κ1) is 23.2. The molecule has 0 aromatic heterocycles. The fourth-order valence-corrected chi connectivity index (χ4v) is 3.65. The van der Waals surface area contributed by atoms with Crippen molar-refractivity contribution in [3.05, 3.63) is 99.0 Å². The number of hydrogen-bond acceptors (Lipinski definition) is 3. The molecule has 162 valence electrons. The average molecular weight is 497 g/mol. The lowest BCUT2D eigenvalue weighted by Gasteiger charge is -2.14. The van der Waals surface area contributed by atoms with Crippen LogP contribution in [0.3, 0.4) is 0 Å². The second-order valence-electron chi connectivity index (χ2n) is 6.81. The van der Waals surface area contributed by atoms with Crippen molar-refractivity contribution in [3.63, 3.8) is 0 Å². The number of ether oxygens (including phenoxy) is 1. The minimum atomic E-state index is -0.622. The van der Waals surface area contributed by atoms with E-state index in [1.54, 1.807) is 30.3 Å². The van der Waals surface area contributed by atoms with Crippen LogP contribution in [0.2, 0.25) is 0 Å². The number of hydrogen-bond donors (Lipinski definition) is 1. The van der Waals surface area contributed by atoms with Crippen molar-refractivity contribution in [1.29, 1.82) is 5.26 Å². The Morgan fingerprint density at radius 2 is 1.88 bits per heavy atom. The fraction of sp³-hybridized carbons (Fsp3) is 0.120. The van der Waals surface area contributed by atoms with Crippen molar-refractivity contribution >= 4 is 33.6 Å². The van der Waals surface area contributed by atoms with E-state index in [2.05, 4.69) is 21.2 Å². The Labute approximate surface area is 193 Å². The highest BCUT2D eigenvalue weighted by Gasteiger charge is 2.15. The van der Waals surface area contributed by atoms with Crippen LogP contribution >= 0.6 is 15.9 Å². The molecule has 0 fully saturated rings. The van der Waals surface area contributed by atoms with Crippen LogP contribution in [0.1, 0.15) is 23.6 Å². The summed E-state index contributed by atoms with van der Waals surface area (Å²) in [4.78, 5) is 12.5. The molecule has 3 rings (SSSR count). The highest BCUT2D eigenvalue weighted by Crippen LogP contribution is 2.33. The van der Waals surface area contributed by atoms with Gasteiger partial charge in [0.05, 0.1) is 6.61 Å². The number of anilines is 1. The van der Waals surface area contributed by atoms with E-state index in [0.717, 1.165) is 5.56 Å². The van der Waals surface area contributed by atoms with Gasteiger partial charge in [0.1, 0.15) is 29.0 Å². The molecule has 1 amide bonds. The fourth-order valence-electron chi connectivity index (χ4n) is 3.05. The number of halogens is 3. The van der Waals surface area contributed by atoms with Gasteiger partial charge in [-0.05, 0) is 66.6 Å². The van der Waals surface area contributed by atoms with E-state index in [1.807, 2.05) is 13.0 Å². The van der Waals surface area contributed by atoms with E-state index in [0.29, 0.717) is 40.1 Å². The topological polar surface area (TPSA) is 62.1 Å². The molecule has 0 heterocycles. The van der Waals surface area contributed by atoms with E-state index in [-0.39, 0.29) is 11.4 Å². The number of nitrogens with one attached hydrogen (secondary N) is 1. The SMILES string of the molecule is CCOc1cc(/C=C(\C#N)C(=O)Nc2ccc(F)cc2)cc(Br)c1Cc1ccccc1F. The van der Waals surface area contributed by atoms with Crippen LogP contribution in [0, 0.1) is 23.0 Å². The number of rotatable bonds is 7. The highest BCUT2D eigenvalue weighted by atomic mass is 79.9. The molecular formula is C25H19BrF2N2O2. The van der Waals surface area contributed by atoms with E-state index >= 15 is 0 Å². The van der Waals surface area contributed by atoms with Crippen molar-refractivity contribution in [2.24, 2.45) is 0 Å². The predicted molar refractivity (Wildman–Crippen MR) is 123 cm³/mol. The van der Waals surface area contributed by atoms with Gasteiger partial charge in [-0.2, -0.15) is 5.26 Å². The summed E-state index contributed by atoms with van der Waals surface area (Å²) in [5.74, 6) is -0.839. The Hall–Kier alpha value is -3.50. The second-order valence-corrected chi connectivity index (χ2v) is 7.67. The number of nitriles is 1. The number of nitrogens with zero attached hydrogens (tertiary/aromatic N) is 1. The molecular weight excluding hydrogens is 478 g/mol. The molecule has 0 bridgehead atoms. The van der Waals surface area contributed by atoms with Crippen LogP contribution in [-0.4, -0.2) is 12.5 Å². The normalized spacial score (nSPS) is 11.0. The van der Waals surface area contributed by atoms with Crippen molar-refractivity contribution < 1.29 is 18.3 Å². The van der Waals surface area contributed by atoms with E-state index in [4.69, 9.17) is 4.74 Å². The molecule has 7 heteroatoms. The molecule has 3 aromatic carbocycles. The summed E-state index contributed by atoms with van der Waals surface area (Å²) >= 11 is 3.51. The molecule has 3 aromatic rings. The van der Waals surface area contributed by atoms with E-state index in [9.17, 15) is 18.8 Å². The largest absolute Gasteiger partial charge is 0.494 e. The Morgan fingerprint density at radius 1 is 1.16 bits per heavy atom. The Morgan fingerprint density at radius 3 is 2.53 bits per heavy atom. The van der Waals surface area contributed by atoms with Gasteiger partial charge in [-0.25, -0.2) is 8.78 Å². The molecule has 0 atom stereocenters. The quantitative estimate of drug-likeness (QED) is 0.310. The zero-order chi connectivity index (χ0) is 23.1. The van der Waals surface area contributed by atoms with Crippen molar-refractivity contribution in [3.8, 4) is 11.8 Å². The van der Waals surface area contributed by atoms with Crippen molar-refractivity contribution in [2.45, 2.75) is 13.3 Å². The minimum Gasteiger partial charge on any atom is -0.494 e. The van der Waals surface area contributed by atoms with Crippen LogP contribution in [0.25, 0.3) is 6.08 Å². The van der Waals surface area contributed by atoms with Gasteiger partial charge in [-0.15, -0.1) is 0 Å². The van der Waals surface area contributed by atoms with Gasteiger partial charge in [0.2, 0.25) is 0 Å². The first-order valence-electron chi connectivity index (χ1n) is 9.78. The molecule has 4 nitrogen and oxygen atoms in total. The van der Waals surface area contributed by atoms with Gasteiger partial charge in [0, 0.05) is 22.1 Å². The molecule has 0 aliphatic heterocycles. The number of carbonyl (C=O) groups is 1. The zero-order valence-corrected chi connectivity index (χ0v) is 18.7. The molecule has 1 N–H and O–H groups in total. The first-order chi connectivity index (χ1) is 15.4. The summed E-state index contributed by atoms with van der Waals surface area (Å²) in [6.07, 6.45) is 1.74. The lowest BCUT2D eigenvalue weighted by molar-refractivity contribution is -0.112. The van der Waals surface area contributed by atoms with Gasteiger partial charge >= 0.3 is 0 Å². The van der Waals surface area contributed by atoms with Crippen LogP contribution < -0.4 is 10.1 Å². The molecule has 0 unspecified atom stereocenters. The van der Waals surface area contributed by atoms with Gasteiger partial charge in [0.15, 0.2) is 0 Å². The summed E-state index contributed by atoms with van der Waals surface area (Å²) < 4.78 is 33.6. The van der Waals surface area contributed by atoms with E-state index in [1.165, 1.54) is 36.4 Å². The Kier molecular flexibility index (Phi) is 7.74. The first-order valence-corrected chi connectivity index (χ1v) is 10.6. The van der Waals surface area contributed by atoms with Crippen molar-refractivity contribution in [1.82, 2.24) is 0 Å². The average Bonchev–Trinajstić information content (AvgIpc) is 2.77. The maximum Gasteiger partial charge on any atom is 0.266 e. The summed E-state index contributed by atoms with van der Waals surface area (Å²) in [5, 5.41) is 12.0. The van der Waals surface area contributed by atoms with Gasteiger partial charge in [-0.3, -0.25) is 4.79 Å². The van der Waals surface area contributed by atoms with Crippen molar-refractivity contribution in [2.75, 3.05) is 11.9 Å². The molecule has 0 saturated heterocycles. The predicted octanol–water partition coefficient (Wildman–Crippen LogP) is 6.26. The maximum absolute atomic E-state index is 14.1. The Balaban J connectivity index is 1.91. The summed E-state index contributed by atoms with van der Waals surface area (Å²) in [5.41, 5.74) is 2.07. The number of carbonyl (C=O) groups excluding carboxylic acids is 1. The summed E-state index contributed by atoms with van der Waals surface area (Å²) in [6.45, 7) is 2.22. The smallest absolute Gasteiger partial charge is 0.266 e. The van der Waals surface area contributed by atoms with Crippen LogP contribution in [0.5, 0.6) is 5.75 Å². The minimum absolute atomic E-state index is 0.134. The molecule has 32 heavy (non-hydrogen) atoms. The number of benzene rings is 3. The molecule has 0 spiro atoms. The Bertz CT molecular complexity index is 1200. The summed E-state index contributed by atoms with van der Waals surface area (Å²) in [7, 11) is 0. The maximum atomic E-state index is 14.1. The van der Waals surface area contributed by atoms with Crippen LogP contribution in [0.15, 0.2) is 70.7 Å². The van der Waals surface area contributed by atoms with E-state index < -0.39 is 11.7 Å². The molecule has 0 aliphatic carbocycles. The molecule has 0 aliphatic rings. The molecule has 0 radical (unpaired) electrons. The third kappa shape index (κ3) is 5.80. The third-order valence-corrected chi connectivity index (χ3v) is 5.29. The van der Waals surface area contributed by atoms with Crippen LogP contribution in [-0.2, 0) is 11.2 Å². The number of amides is 1. The highest BCUT2D eigenvalue weighted by molar-refractivity contribution is 9.10. The summed E-state index contributed by atoms with van der Waals surface area (Å²) in [6, 6.07) is 17.1. The van der Waals surface area contributed by atoms with Gasteiger partial charge in [-0.1, -0.05) is 34.1 Å². The lowest BCUT2D eigenvalue weighted by atomic mass is 10.0.